The maximum absolute atomic E-state index is 11.6. The molecule has 0 aliphatic carbocycles. The SMILES string of the molecule is C=CCNC(=O)c1cc([N+](=O)[O-])ccc1C. The standard InChI is InChI=1S/C11H12N2O3/c1-3-6-12-11(14)10-7-9(13(15)16)5-4-8(10)2/h3-5,7H,1,6H2,2H3,(H,12,14). The van der Waals surface area contributed by atoms with Crippen molar-refractivity contribution in [1.29, 1.82) is 0 Å². The zero-order valence-corrected chi connectivity index (χ0v) is 8.90. The van der Waals surface area contributed by atoms with Gasteiger partial charge in [-0.1, -0.05) is 12.1 Å². The molecule has 0 aliphatic heterocycles. The fraction of sp³-hybridized carbons (Fsp3) is 0.182. The van der Waals surface area contributed by atoms with Crippen LogP contribution in [-0.4, -0.2) is 17.4 Å². The zero-order chi connectivity index (χ0) is 12.1. The first kappa shape index (κ1) is 11.9. The lowest BCUT2D eigenvalue weighted by Crippen LogP contribution is -2.24. The van der Waals surface area contributed by atoms with Gasteiger partial charge in [0.2, 0.25) is 0 Å². The first-order valence-electron chi connectivity index (χ1n) is 4.70. The van der Waals surface area contributed by atoms with Gasteiger partial charge < -0.3 is 5.32 Å². The molecule has 16 heavy (non-hydrogen) atoms. The minimum Gasteiger partial charge on any atom is -0.349 e. The molecule has 0 fully saturated rings. The monoisotopic (exact) mass is 220 g/mol. The van der Waals surface area contributed by atoms with Crippen molar-refractivity contribution in [2.24, 2.45) is 0 Å². The Morgan fingerprint density at radius 3 is 2.88 bits per heavy atom. The van der Waals surface area contributed by atoms with E-state index in [-0.39, 0.29) is 11.6 Å². The van der Waals surface area contributed by atoms with Crippen molar-refractivity contribution in [3.8, 4) is 0 Å². The van der Waals surface area contributed by atoms with Crippen molar-refractivity contribution in [1.82, 2.24) is 5.32 Å². The highest BCUT2D eigenvalue weighted by atomic mass is 16.6. The number of nitrogens with one attached hydrogen (secondary N) is 1. The highest BCUT2D eigenvalue weighted by Crippen LogP contribution is 2.17. The third-order valence-electron chi connectivity index (χ3n) is 2.08. The zero-order valence-electron chi connectivity index (χ0n) is 8.90. The summed E-state index contributed by atoms with van der Waals surface area (Å²) in [7, 11) is 0. The van der Waals surface area contributed by atoms with E-state index in [2.05, 4.69) is 11.9 Å². The molecule has 0 heterocycles. The van der Waals surface area contributed by atoms with Gasteiger partial charge in [-0.3, -0.25) is 14.9 Å². The van der Waals surface area contributed by atoms with Gasteiger partial charge in [-0.05, 0) is 12.5 Å². The molecule has 1 aromatic rings. The minimum atomic E-state index is -0.524. The maximum Gasteiger partial charge on any atom is 0.270 e. The van der Waals surface area contributed by atoms with Crippen molar-refractivity contribution in [3.05, 3.63) is 52.1 Å². The van der Waals surface area contributed by atoms with Crippen LogP contribution in [0.4, 0.5) is 5.69 Å². The lowest BCUT2D eigenvalue weighted by Gasteiger charge is -2.05. The quantitative estimate of drug-likeness (QED) is 0.478. The third-order valence-corrected chi connectivity index (χ3v) is 2.08. The lowest BCUT2D eigenvalue weighted by molar-refractivity contribution is -0.384. The molecule has 0 aliphatic rings. The van der Waals surface area contributed by atoms with Gasteiger partial charge in [0.15, 0.2) is 0 Å². The highest BCUT2D eigenvalue weighted by Gasteiger charge is 2.13. The number of nitrogens with zero attached hydrogens (tertiary/aromatic N) is 1. The number of carbonyl (C=O) groups excluding carboxylic acids is 1. The molecule has 0 spiro atoms. The van der Waals surface area contributed by atoms with E-state index in [1.165, 1.54) is 12.1 Å². The van der Waals surface area contributed by atoms with E-state index in [0.717, 1.165) is 0 Å². The van der Waals surface area contributed by atoms with E-state index in [4.69, 9.17) is 0 Å². The molecule has 0 aromatic heterocycles. The van der Waals surface area contributed by atoms with E-state index in [0.29, 0.717) is 17.7 Å². The summed E-state index contributed by atoms with van der Waals surface area (Å²) in [6.45, 7) is 5.53. The number of nitro groups is 1. The smallest absolute Gasteiger partial charge is 0.270 e. The summed E-state index contributed by atoms with van der Waals surface area (Å²) in [5, 5.41) is 13.1. The van der Waals surface area contributed by atoms with Gasteiger partial charge in [0, 0.05) is 24.2 Å². The predicted molar refractivity (Wildman–Crippen MR) is 60.4 cm³/mol. The van der Waals surface area contributed by atoms with Gasteiger partial charge in [0.25, 0.3) is 11.6 Å². The Bertz CT molecular complexity index is 441. The van der Waals surface area contributed by atoms with E-state index >= 15 is 0 Å². The number of benzene rings is 1. The highest BCUT2D eigenvalue weighted by molar-refractivity contribution is 5.96. The summed E-state index contributed by atoms with van der Waals surface area (Å²) in [6, 6.07) is 4.20. The molecule has 1 aromatic carbocycles. The number of aryl methyl sites for hydroxylation is 1. The first-order valence-corrected chi connectivity index (χ1v) is 4.70. The third kappa shape index (κ3) is 2.66. The number of hydrogen-bond donors (Lipinski definition) is 1. The van der Waals surface area contributed by atoms with Crippen LogP contribution in [0.5, 0.6) is 0 Å². The maximum atomic E-state index is 11.6. The minimum absolute atomic E-state index is 0.0886. The summed E-state index contributed by atoms with van der Waals surface area (Å²) in [6.07, 6.45) is 1.55. The van der Waals surface area contributed by atoms with Crippen molar-refractivity contribution in [2.75, 3.05) is 6.54 Å². The molecule has 0 atom stereocenters. The van der Waals surface area contributed by atoms with E-state index < -0.39 is 4.92 Å². The lowest BCUT2D eigenvalue weighted by atomic mass is 10.1. The Balaban J connectivity index is 3.02. The summed E-state index contributed by atoms with van der Waals surface area (Å²) in [5.74, 6) is -0.332. The molecule has 0 saturated carbocycles. The molecule has 5 heteroatoms. The summed E-state index contributed by atoms with van der Waals surface area (Å²) < 4.78 is 0. The van der Waals surface area contributed by atoms with Crippen LogP contribution in [0.15, 0.2) is 30.9 Å². The van der Waals surface area contributed by atoms with Gasteiger partial charge in [-0.2, -0.15) is 0 Å². The summed E-state index contributed by atoms with van der Waals surface area (Å²) in [4.78, 5) is 21.7. The fourth-order valence-corrected chi connectivity index (χ4v) is 1.23. The van der Waals surface area contributed by atoms with Crippen LogP contribution in [-0.2, 0) is 0 Å². The average Bonchev–Trinajstić information content (AvgIpc) is 2.26. The Morgan fingerprint density at radius 1 is 1.62 bits per heavy atom. The van der Waals surface area contributed by atoms with Crippen molar-refractivity contribution < 1.29 is 9.72 Å². The number of amides is 1. The number of non-ortho nitro benzene ring substituents is 1. The van der Waals surface area contributed by atoms with Crippen LogP contribution in [0.25, 0.3) is 0 Å². The first-order chi connectivity index (χ1) is 7.56. The van der Waals surface area contributed by atoms with Crippen LogP contribution in [0.1, 0.15) is 15.9 Å². The van der Waals surface area contributed by atoms with Gasteiger partial charge in [-0.25, -0.2) is 0 Å². The molecule has 5 nitrogen and oxygen atoms in total. The van der Waals surface area contributed by atoms with Crippen LogP contribution in [0.3, 0.4) is 0 Å². The summed E-state index contributed by atoms with van der Waals surface area (Å²) >= 11 is 0. The van der Waals surface area contributed by atoms with Crippen molar-refractivity contribution in [2.45, 2.75) is 6.92 Å². The fourth-order valence-electron chi connectivity index (χ4n) is 1.23. The second kappa shape index (κ2) is 5.06. The molecule has 0 radical (unpaired) electrons. The molecule has 84 valence electrons. The Morgan fingerprint density at radius 2 is 2.31 bits per heavy atom. The van der Waals surface area contributed by atoms with E-state index in [9.17, 15) is 14.9 Å². The number of rotatable bonds is 4. The number of carbonyl (C=O) groups is 1. The number of nitro benzene ring substituents is 1. The Kier molecular flexibility index (Phi) is 3.77. The van der Waals surface area contributed by atoms with E-state index in [1.807, 2.05) is 0 Å². The van der Waals surface area contributed by atoms with Crippen LogP contribution in [0.2, 0.25) is 0 Å². The molecule has 0 saturated heterocycles. The normalized spacial score (nSPS) is 9.56. The molecule has 1 N–H and O–H groups in total. The largest absolute Gasteiger partial charge is 0.349 e. The van der Waals surface area contributed by atoms with Crippen LogP contribution in [0, 0.1) is 17.0 Å². The predicted octanol–water partition coefficient (Wildman–Crippen LogP) is 1.82. The molecule has 1 amide bonds. The van der Waals surface area contributed by atoms with E-state index in [1.54, 1.807) is 19.1 Å². The van der Waals surface area contributed by atoms with Crippen LogP contribution >= 0.6 is 0 Å². The molecular weight excluding hydrogens is 208 g/mol. The Hall–Kier alpha value is -2.17. The van der Waals surface area contributed by atoms with Gasteiger partial charge >= 0.3 is 0 Å². The van der Waals surface area contributed by atoms with Crippen molar-refractivity contribution in [3.63, 3.8) is 0 Å². The molecule has 0 unspecified atom stereocenters. The van der Waals surface area contributed by atoms with Crippen molar-refractivity contribution >= 4 is 11.6 Å². The van der Waals surface area contributed by atoms with Gasteiger partial charge in [0.1, 0.15) is 0 Å². The molecule has 1 rings (SSSR count). The average molecular weight is 220 g/mol. The number of hydrogen-bond acceptors (Lipinski definition) is 3. The Labute approximate surface area is 92.9 Å². The molecular formula is C11H12N2O3. The summed E-state index contributed by atoms with van der Waals surface area (Å²) in [5.41, 5.74) is 0.928. The van der Waals surface area contributed by atoms with Crippen LogP contribution < -0.4 is 5.32 Å². The second-order valence-electron chi connectivity index (χ2n) is 3.26. The van der Waals surface area contributed by atoms with Gasteiger partial charge in [-0.15, -0.1) is 6.58 Å². The van der Waals surface area contributed by atoms with Gasteiger partial charge in [0.05, 0.1) is 4.92 Å². The topological polar surface area (TPSA) is 72.2 Å². The second-order valence-corrected chi connectivity index (χ2v) is 3.26. The molecule has 0 bridgehead atoms.